The highest BCUT2D eigenvalue weighted by atomic mass is 31.0. The average Bonchev–Trinajstić information content (AvgIpc) is 2.26. The van der Waals surface area contributed by atoms with Crippen molar-refractivity contribution in [2.24, 2.45) is 0 Å². The highest BCUT2D eigenvalue weighted by Crippen LogP contribution is 2.00. The third kappa shape index (κ3) is 3.07. The molecule has 1 heterocycles. The molecule has 0 spiro atoms. The van der Waals surface area contributed by atoms with Gasteiger partial charge in [0, 0.05) is 17.8 Å². The van der Waals surface area contributed by atoms with Gasteiger partial charge in [-0.2, -0.15) is 0 Å². The summed E-state index contributed by atoms with van der Waals surface area (Å²) in [6.45, 7) is 0. The Labute approximate surface area is 83.3 Å². The molecule has 0 fully saturated rings. The summed E-state index contributed by atoms with van der Waals surface area (Å²) in [5, 5.41) is 0. The van der Waals surface area contributed by atoms with E-state index in [0.29, 0.717) is 17.5 Å². The molecule has 1 unspecified atom stereocenters. The number of carbonyl (C=O) groups excluding carboxylic acids is 2. The fraction of sp³-hybridized carbons (Fsp3) is 0. The van der Waals surface area contributed by atoms with Crippen LogP contribution in [0, 0.1) is 0 Å². The number of pyridine rings is 1. The number of hydrogen-bond donors (Lipinski definition) is 0. The van der Waals surface area contributed by atoms with E-state index >= 15 is 0 Å². The van der Waals surface area contributed by atoms with Gasteiger partial charge in [0.25, 0.3) is 0 Å². The van der Waals surface area contributed by atoms with Crippen LogP contribution in [0.5, 0.6) is 0 Å². The second kappa shape index (κ2) is 5.25. The first-order valence-corrected chi connectivity index (χ1v) is 4.23. The Balaban J connectivity index is 2.73. The van der Waals surface area contributed by atoms with E-state index in [9.17, 15) is 9.59 Å². The number of hydrogen-bond acceptors (Lipinski definition) is 4. The fourth-order valence-corrected chi connectivity index (χ4v) is 0.856. The van der Waals surface area contributed by atoms with Crippen molar-refractivity contribution in [3.8, 4) is 0 Å². The lowest BCUT2D eigenvalue weighted by Gasteiger charge is -1.92. The van der Waals surface area contributed by atoms with E-state index in [4.69, 9.17) is 0 Å². The largest absolute Gasteiger partial charge is 0.448 e. The zero-order valence-electron chi connectivity index (χ0n) is 7.21. The van der Waals surface area contributed by atoms with Crippen molar-refractivity contribution in [3.63, 3.8) is 0 Å². The van der Waals surface area contributed by atoms with Crippen LogP contribution >= 0.6 is 9.47 Å². The standard InChI is InChI=1S/C9H8NO3P/c11-6-7-1-2-8(10-5-7)3-4-9(12)13-14/h1-6H,14H2/b4-3+. The van der Waals surface area contributed by atoms with Gasteiger partial charge in [0.1, 0.15) is 0 Å². The third-order valence-electron chi connectivity index (χ3n) is 1.45. The lowest BCUT2D eigenvalue weighted by Crippen LogP contribution is -1.90. The van der Waals surface area contributed by atoms with Crippen LogP contribution in [0.3, 0.4) is 0 Å². The smallest absolute Gasteiger partial charge is 0.332 e. The topological polar surface area (TPSA) is 56.3 Å². The first-order valence-electron chi connectivity index (χ1n) is 3.76. The quantitative estimate of drug-likeness (QED) is 0.427. The molecule has 0 saturated heterocycles. The van der Waals surface area contributed by atoms with Crippen molar-refractivity contribution in [1.82, 2.24) is 4.98 Å². The highest BCUT2D eigenvalue weighted by Gasteiger charge is 1.93. The van der Waals surface area contributed by atoms with Gasteiger partial charge in [0.05, 0.1) is 15.2 Å². The van der Waals surface area contributed by atoms with E-state index in [1.807, 2.05) is 9.47 Å². The second-order valence-corrected chi connectivity index (χ2v) is 2.64. The van der Waals surface area contributed by atoms with Crippen LogP contribution in [0.2, 0.25) is 0 Å². The Morgan fingerprint density at radius 1 is 1.50 bits per heavy atom. The molecular weight excluding hydrogens is 201 g/mol. The van der Waals surface area contributed by atoms with Crippen LogP contribution in [0.15, 0.2) is 24.4 Å². The third-order valence-corrected chi connectivity index (χ3v) is 1.68. The molecule has 1 aromatic rings. The average molecular weight is 209 g/mol. The molecule has 14 heavy (non-hydrogen) atoms. The minimum Gasteiger partial charge on any atom is -0.448 e. The fourth-order valence-electron chi connectivity index (χ4n) is 0.778. The van der Waals surface area contributed by atoms with Crippen molar-refractivity contribution >= 4 is 27.8 Å². The first-order chi connectivity index (χ1) is 6.76. The van der Waals surface area contributed by atoms with Crippen LogP contribution in [-0.2, 0) is 9.32 Å². The van der Waals surface area contributed by atoms with Crippen molar-refractivity contribution in [3.05, 3.63) is 35.7 Å². The van der Waals surface area contributed by atoms with Gasteiger partial charge in [0.2, 0.25) is 0 Å². The van der Waals surface area contributed by atoms with Gasteiger partial charge in [-0.05, 0) is 18.2 Å². The Morgan fingerprint density at radius 3 is 2.79 bits per heavy atom. The molecule has 72 valence electrons. The van der Waals surface area contributed by atoms with E-state index < -0.39 is 5.97 Å². The zero-order chi connectivity index (χ0) is 10.4. The summed E-state index contributed by atoms with van der Waals surface area (Å²) >= 11 is 0. The molecule has 1 atom stereocenters. The zero-order valence-corrected chi connectivity index (χ0v) is 8.37. The lowest BCUT2D eigenvalue weighted by atomic mass is 10.2. The van der Waals surface area contributed by atoms with Crippen LogP contribution in [0.1, 0.15) is 16.1 Å². The summed E-state index contributed by atoms with van der Waals surface area (Å²) in [6.07, 6.45) is 4.88. The van der Waals surface area contributed by atoms with Gasteiger partial charge in [0.15, 0.2) is 6.29 Å². The molecule has 0 N–H and O–H groups in total. The van der Waals surface area contributed by atoms with Crippen LogP contribution in [0.25, 0.3) is 6.08 Å². The number of aldehydes is 1. The van der Waals surface area contributed by atoms with Crippen LogP contribution in [0.4, 0.5) is 0 Å². The maximum absolute atomic E-state index is 10.7. The van der Waals surface area contributed by atoms with Crippen molar-refractivity contribution in [2.45, 2.75) is 0 Å². The van der Waals surface area contributed by atoms with E-state index in [-0.39, 0.29) is 0 Å². The molecule has 0 aliphatic rings. The number of rotatable bonds is 3. The molecule has 0 saturated carbocycles. The molecule has 0 aliphatic heterocycles. The molecule has 0 bridgehead atoms. The van der Waals surface area contributed by atoms with Crippen LogP contribution in [-0.4, -0.2) is 17.2 Å². The summed E-state index contributed by atoms with van der Waals surface area (Å²) in [5.41, 5.74) is 1.08. The van der Waals surface area contributed by atoms with Gasteiger partial charge < -0.3 is 4.52 Å². The van der Waals surface area contributed by atoms with Gasteiger partial charge in [-0.15, -0.1) is 0 Å². The van der Waals surface area contributed by atoms with Gasteiger partial charge >= 0.3 is 5.97 Å². The maximum Gasteiger partial charge on any atom is 0.332 e. The van der Waals surface area contributed by atoms with Gasteiger partial charge in [-0.3, -0.25) is 9.78 Å². The summed E-state index contributed by atoms with van der Waals surface area (Å²) in [5.74, 6) is -0.476. The molecule has 4 nitrogen and oxygen atoms in total. The summed E-state index contributed by atoms with van der Waals surface area (Å²) in [6, 6.07) is 3.25. The normalized spacial score (nSPS) is 10.1. The molecule has 0 aromatic carbocycles. The number of nitrogens with zero attached hydrogens (tertiary/aromatic N) is 1. The van der Waals surface area contributed by atoms with E-state index in [1.165, 1.54) is 18.3 Å². The second-order valence-electron chi connectivity index (χ2n) is 2.40. The molecule has 5 heteroatoms. The summed E-state index contributed by atoms with van der Waals surface area (Å²) in [4.78, 5) is 24.9. The van der Waals surface area contributed by atoms with E-state index in [2.05, 4.69) is 9.51 Å². The summed E-state index contributed by atoms with van der Waals surface area (Å²) < 4.78 is 4.32. The van der Waals surface area contributed by atoms with Crippen molar-refractivity contribution in [1.29, 1.82) is 0 Å². The monoisotopic (exact) mass is 209 g/mol. The van der Waals surface area contributed by atoms with E-state index in [1.54, 1.807) is 12.1 Å². The first kappa shape index (κ1) is 10.5. The van der Waals surface area contributed by atoms with Crippen molar-refractivity contribution in [2.75, 3.05) is 0 Å². The number of aromatic nitrogens is 1. The Hall–Kier alpha value is -1.54. The Kier molecular flexibility index (Phi) is 3.95. The van der Waals surface area contributed by atoms with Crippen molar-refractivity contribution < 1.29 is 14.1 Å². The predicted molar refractivity (Wildman–Crippen MR) is 54.5 cm³/mol. The minimum absolute atomic E-state index is 0.476. The predicted octanol–water partition coefficient (Wildman–Crippen LogP) is 1.24. The molecule has 1 aromatic heterocycles. The number of carbonyl (C=O) groups is 2. The van der Waals surface area contributed by atoms with Gasteiger partial charge in [-0.1, -0.05) is 0 Å². The van der Waals surface area contributed by atoms with Crippen LogP contribution < -0.4 is 0 Å². The SMILES string of the molecule is O=Cc1ccc(/C=C/C(=O)OP)nc1. The molecule has 1 rings (SSSR count). The van der Waals surface area contributed by atoms with E-state index in [0.717, 1.165) is 0 Å². The Bertz CT molecular complexity index is 359. The Morgan fingerprint density at radius 2 is 2.29 bits per heavy atom. The molecular formula is C9H8NO3P. The highest BCUT2D eigenvalue weighted by molar-refractivity contribution is 7.10. The molecule has 0 aliphatic carbocycles. The molecule has 0 radical (unpaired) electrons. The summed E-state index contributed by atoms with van der Waals surface area (Å²) in [7, 11) is 1.85. The van der Waals surface area contributed by atoms with Gasteiger partial charge in [-0.25, -0.2) is 4.79 Å². The maximum atomic E-state index is 10.7. The molecule has 0 amide bonds. The minimum atomic E-state index is -0.476. The lowest BCUT2D eigenvalue weighted by molar-refractivity contribution is -0.127.